The molecular weight excluding hydrogens is 334 g/mol. The second-order valence-electron chi connectivity index (χ2n) is 6.76. The Hall–Kier alpha value is -2.28. The van der Waals surface area contributed by atoms with Crippen LogP contribution < -0.4 is 14.8 Å². The van der Waals surface area contributed by atoms with E-state index in [1.165, 1.54) is 0 Å². The van der Waals surface area contributed by atoms with E-state index < -0.39 is 0 Å². The molecule has 0 saturated carbocycles. The first kappa shape index (κ1) is 18.5. The molecule has 7 heteroatoms. The molecule has 2 aliphatic heterocycles. The number of carbonyl (C=O) groups is 2. The molecular formula is C19H27N3O4. The first-order valence-electron chi connectivity index (χ1n) is 9.14. The quantitative estimate of drug-likeness (QED) is 0.866. The molecule has 0 aromatic heterocycles. The molecule has 0 aliphatic carbocycles. The Bertz CT molecular complexity index is 628. The fraction of sp³-hybridized carbons (Fsp3) is 0.579. The van der Waals surface area contributed by atoms with Crippen LogP contribution in [0, 0.1) is 5.92 Å². The topological polar surface area (TPSA) is 71.1 Å². The summed E-state index contributed by atoms with van der Waals surface area (Å²) >= 11 is 0. The fourth-order valence-corrected chi connectivity index (χ4v) is 3.56. The SMILES string of the molecule is COc1cc(OC)cc(C(=O)N2CCN(C(=O)C3CCCNC3)CC2)c1. The molecule has 1 aromatic carbocycles. The minimum Gasteiger partial charge on any atom is -0.497 e. The van der Waals surface area contributed by atoms with Gasteiger partial charge in [0, 0.05) is 44.4 Å². The van der Waals surface area contributed by atoms with Crippen LogP contribution in [-0.2, 0) is 4.79 Å². The van der Waals surface area contributed by atoms with Gasteiger partial charge in [-0.05, 0) is 31.5 Å². The molecule has 0 radical (unpaired) electrons. The molecule has 2 amide bonds. The fourth-order valence-electron chi connectivity index (χ4n) is 3.56. The number of hydrogen-bond acceptors (Lipinski definition) is 5. The molecule has 2 fully saturated rings. The van der Waals surface area contributed by atoms with Crippen LogP contribution in [0.15, 0.2) is 18.2 Å². The molecule has 0 spiro atoms. The highest BCUT2D eigenvalue weighted by Gasteiger charge is 2.30. The molecule has 3 rings (SSSR count). The highest BCUT2D eigenvalue weighted by Crippen LogP contribution is 2.24. The first-order chi connectivity index (χ1) is 12.6. The molecule has 1 unspecified atom stereocenters. The van der Waals surface area contributed by atoms with Gasteiger partial charge in [0.2, 0.25) is 5.91 Å². The minimum absolute atomic E-state index is 0.0615. The van der Waals surface area contributed by atoms with Gasteiger partial charge < -0.3 is 24.6 Å². The van der Waals surface area contributed by atoms with E-state index in [-0.39, 0.29) is 17.7 Å². The molecule has 142 valence electrons. The van der Waals surface area contributed by atoms with E-state index in [1.807, 2.05) is 4.90 Å². The largest absolute Gasteiger partial charge is 0.497 e. The standard InChI is InChI=1S/C19H27N3O4/c1-25-16-10-15(11-17(12-16)26-2)19(24)22-8-6-21(7-9-22)18(23)14-4-3-5-20-13-14/h10-12,14,20H,3-9,13H2,1-2H3. The van der Waals surface area contributed by atoms with E-state index >= 15 is 0 Å². The number of benzene rings is 1. The maximum atomic E-state index is 12.8. The molecule has 2 saturated heterocycles. The third-order valence-corrected chi connectivity index (χ3v) is 5.12. The number of rotatable bonds is 4. The summed E-state index contributed by atoms with van der Waals surface area (Å²) in [6.45, 7) is 4.02. The van der Waals surface area contributed by atoms with E-state index in [9.17, 15) is 9.59 Å². The maximum Gasteiger partial charge on any atom is 0.254 e. The lowest BCUT2D eigenvalue weighted by molar-refractivity contribution is -0.137. The monoisotopic (exact) mass is 361 g/mol. The predicted molar refractivity (Wildman–Crippen MR) is 97.6 cm³/mol. The summed E-state index contributed by atoms with van der Waals surface area (Å²) in [5.41, 5.74) is 0.539. The van der Waals surface area contributed by atoms with Gasteiger partial charge in [0.25, 0.3) is 5.91 Å². The van der Waals surface area contributed by atoms with Crippen molar-refractivity contribution >= 4 is 11.8 Å². The highest BCUT2D eigenvalue weighted by molar-refractivity contribution is 5.95. The molecule has 7 nitrogen and oxygen atoms in total. The van der Waals surface area contributed by atoms with Gasteiger partial charge in [0.1, 0.15) is 11.5 Å². The Morgan fingerprint density at radius 3 is 2.15 bits per heavy atom. The molecule has 2 heterocycles. The Balaban J connectivity index is 1.60. The second-order valence-corrected chi connectivity index (χ2v) is 6.76. The Kier molecular flexibility index (Phi) is 5.98. The summed E-state index contributed by atoms with van der Waals surface area (Å²) in [5, 5.41) is 3.29. The van der Waals surface area contributed by atoms with E-state index in [2.05, 4.69) is 5.32 Å². The van der Waals surface area contributed by atoms with Crippen molar-refractivity contribution in [3.05, 3.63) is 23.8 Å². The van der Waals surface area contributed by atoms with Gasteiger partial charge in [-0.1, -0.05) is 0 Å². The second kappa shape index (κ2) is 8.40. The van der Waals surface area contributed by atoms with E-state index in [0.717, 1.165) is 25.9 Å². The number of amides is 2. The van der Waals surface area contributed by atoms with Crippen molar-refractivity contribution in [2.45, 2.75) is 12.8 Å². The van der Waals surface area contributed by atoms with Gasteiger partial charge in [-0.25, -0.2) is 0 Å². The van der Waals surface area contributed by atoms with Crippen molar-refractivity contribution in [2.75, 3.05) is 53.5 Å². The molecule has 26 heavy (non-hydrogen) atoms. The van der Waals surface area contributed by atoms with Crippen molar-refractivity contribution < 1.29 is 19.1 Å². The summed E-state index contributed by atoms with van der Waals surface area (Å²) in [4.78, 5) is 29.1. The zero-order valence-corrected chi connectivity index (χ0v) is 15.5. The smallest absolute Gasteiger partial charge is 0.254 e. The number of piperidine rings is 1. The van der Waals surface area contributed by atoms with Crippen LogP contribution in [-0.4, -0.2) is 75.1 Å². The molecule has 0 bridgehead atoms. The number of ether oxygens (including phenoxy) is 2. The number of hydrogen-bond donors (Lipinski definition) is 1. The lowest BCUT2D eigenvalue weighted by Gasteiger charge is -2.37. The zero-order valence-electron chi connectivity index (χ0n) is 15.5. The Labute approximate surface area is 154 Å². The number of nitrogens with one attached hydrogen (secondary N) is 1. The van der Waals surface area contributed by atoms with Crippen LogP contribution in [0.25, 0.3) is 0 Å². The van der Waals surface area contributed by atoms with E-state index in [1.54, 1.807) is 37.3 Å². The zero-order chi connectivity index (χ0) is 18.5. The number of methoxy groups -OCH3 is 2. The third-order valence-electron chi connectivity index (χ3n) is 5.12. The van der Waals surface area contributed by atoms with Crippen LogP contribution >= 0.6 is 0 Å². The summed E-state index contributed by atoms with van der Waals surface area (Å²) in [7, 11) is 3.13. The normalized spacial score (nSPS) is 20.6. The lowest BCUT2D eigenvalue weighted by Crippen LogP contribution is -2.53. The number of nitrogens with zero attached hydrogens (tertiary/aromatic N) is 2. The van der Waals surface area contributed by atoms with Crippen LogP contribution in [0.5, 0.6) is 11.5 Å². The van der Waals surface area contributed by atoms with Gasteiger partial charge in [-0.3, -0.25) is 9.59 Å². The van der Waals surface area contributed by atoms with Gasteiger partial charge in [0.05, 0.1) is 20.1 Å². The highest BCUT2D eigenvalue weighted by atomic mass is 16.5. The predicted octanol–water partition coefficient (Wildman–Crippen LogP) is 0.988. The number of piperazine rings is 1. The average molecular weight is 361 g/mol. The summed E-state index contributed by atoms with van der Waals surface area (Å²) in [6, 6.07) is 5.18. The molecule has 2 aliphatic rings. The molecule has 1 N–H and O–H groups in total. The van der Waals surface area contributed by atoms with Crippen molar-refractivity contribution in [3.8, 4) is 11.5 Å². The first-order valence-corrected chi connectivity index (χ1v) is 9.14. The third kappa shape index (κ3) is 4.09. The van der Waals surface area contributed by atoms with Gasteiger partial charge >= 0.3 is 0 Å². The van der Waals surface area contributed by atoms with Gasteiger partial charge in [0.15, 0.2) is 0 Å². The maximum absolute atomic E-state index is 12.8. The summed E-state index contributed by atoms with van der Waals surface area (Å²) < 4.78 is 10.5. The van der Waals surface area contributed by atoms with Gasteiger partial charge in [-0.15, -0.1) is 0 Å². The average Bonchev–Trinajstić information content (AvgIpc) is 2.73. The van der Waals surface area contributed by atoms with Crippen LogP contribution in [0.4, 0.5) is 0 Å². The van der Waals surface area contributed by atoms with Crippen LogP contribution in [0.3, 0.4) is 0 Å². The van der Waals surface area contributed by atoms with Crippen molar-refractivity contribution in [1.82, 2.24) is 15.1 Å². The Morgan fingerprint density at radius 1 is 1.00 bits per heavy atom. The summed E-state index contributed by atoms with van der Waals surface area (Å²) in [5.74, 6) is 1.41. The minimum atomic E-state index is -0.0615. The van der Waals surface area contributed by atoms with Crippen molar-refractivity contribution in [1.29, 1.82) is 0 Å². The lowest BCUT2D eigenvalue weighted by atomic mass is 9.98. The summed E-state index contributed by atoms with van der Waals surface area (Å²) in [6.07, 6.45) is 2.00. The molecule has 1 aromatic rings. The van der Waals surface area contributed by atoms with Crippen LogP contribution in [0.2, 0.25) is 0 Å². The van der Waals surface area contributed by atoms with Gasteiger partial charge in [-0.2, -0.15) is 0 Å². The van der Waals surface area contributed by atoms with Crippen molar-refractivity contribution in [3.63, 3.8) is 0 Å². The van der Waals surface area contributed by atoms with Crippen molar-refractivity contribution in [2.24, 2.45) is 5.92 Å². The van der Waals surface area contributed by atoms with E-state index in [0.29, 0.717) is 43.2 Å². The van der Waals surface area contributed by atoms with E-state index in [4.69, 9.17) is 9.47 Å². The molecule has 1 atom stereocenters. The Morgan fingerprint density at radius 2 is 1.62 bits per heavy atom. The van der Waals surface area contributed by atoms with Crippen LogP contribution in [0.1, 0.15) is 23.2 Å². The number of carbonyl (C=O) groups excluding carboxylic acids is 2.